The molecule has 0 aromatic heterocycles. The number of anilines is 1. The molecule has 1 aliphatic carbocycles. The average Bonchev–Trinajstić information content (AvgIpc) is 2.82. The van der Waals surface area contributed by atoms with Gasteiger partial charge in [0.1, 0.15) is 0 Å². The molecule has 3 rings (SSSR count). The number of halogens is 2. The van der Waals surface area contributed by atoms with Gasteiger partial charge in [-0.1, -0.05) is 68.4 Å². The highest BCUT2D eigenvalue weighted by Crippen LogP contribution is 2.32. The van der Waals surface area contributed by atoms with Crippen LogP contribution in [0.4, 0.5) is 5.69 Å². The van der Waals surface area contributed by atoms with Crippen molar-refractivity contribution in [2.45, 2.75) is 70.2 Å². The molecule has 192 valence electrons. The molecule has 5 nitrogen and oxygen atoms in total. The first-order chi connectivity index (χ1) is 16.7. The highest BCUT2D eigenvalue weighted by molar-refractivity contribution is 7.91. The van der Waals surface area contributed by atoms with Crippen LogP contribution < -0.4 is 5.32 Å². The van der Waals surface area contributed by atoms with Crippen LogP contribution in [0.2, 0.25) is 10.0 Å². The lowest BCUT2D eigenvalue weighted by Crippen LogP contribution is -2.31. The van der Waals surface area contributed by atoms with Crippen LogP contribution in [0.5, 0.6) is 0 Å². The predicted octanol–water partition coefficient (Wildman–Crippen LogP) is 6.76. The van der Waals surface area contributed by atoms with Gasteiger partial charge >= 0.3 is 0 Å². The molecule has 8 heteroatoms. The molecule has 0 unspecified atom stereocenters. The Hall–Kier alpha value is -1.60. The van der Waals surface area contributed by atoms with Crippen LogP contribution in [0.1, 0.15) is 63.5 Å². The number of carbonyl (C=O) groups is 1. The summed E-state index contributed by atoms with van der Waals surface area (Å²) in [5, 5.41) is 3.96. The number of hydrogen-bond acceptors (Lipinski definition) is 4. The van der Waals surface area contributed by atoms with E-state index in [0.29, 0.717) is 22.3 Å². The van der Waals surface area contributed by atoms with E-state index in [1.54, 1.807) is 43.3 Å². The maximum Gasteiger partial charge on any atom is 0.228 e. The number of nitrogens with zero attached hydrogens (tertiary/aromatic N) is 1. The number of nitrogens with one attached hydrogen (secondary N) is 1. The molecule has 1 N–H and O–H groups in total. The maximum absolute atomic E-state index is 12.6. The fourth-order valence-electron chi connectivity index (χ4n) is 4.71. The number of rotatable bonds is 11. The predicted molar refractivity (Wildman–Crippen MR) is 145 cm³/mol. The Morgan fingerprint density at radius 2 is 1.66 bits per heavy atom. The quantitative estimate of drug-likeness (QED) is 0.343. The van der Waals surface area contributed by atoms with E-state index < -0.39 is 9.84 Å². The molecule has 1 fully saturated rings. The Kier molecular flexibility index (Phi) is 10.5. The van der Waals surface area contributed by atoms with Gasteiger partial charge < -0.3 is 5.32 Å². The van der Waals surface area contributed by atoms with Gasteiger partial charge in [-0.3, -0.25) is 9.69 Å². The van der Waals surface area contributed by atoms with Crippen LogP contribution in [0.3, 0.4) is 0 Å². The summed E-state index contributed by atoms with van der Waals surface area (Å²) < 4.78 is 23.9. The Balaban J connectivity index is 1.63. The highest BCUT2D eigenvalue weighted by atomic mass is 35.5. The van der Waals surface area contributed by atoms with Crippen LogP contribution in [-0.2, 0) is 27.6 Å². The smallest absolute Gasteiger partial charge is 0.228 e. The standard InChI is InChI=1S/C27H36Cl2N2O3S/c1-3-14-31(18-21-8-6-5-7-9-21)19-24-25(28)16-22(17-26(24)29)30-27(32)15-20-10-12-23(13-11-20)35(33,34)4-2/h10-13,16-17,21H,3-9,14-15,18-19H2,1-2H3,(H,30,32). The lowest BCUT2D eigenvalue weighted by molar-refractivity contribution is -0.115. The molecule has 0 saturated heterocycles. The molecule has 0 heterocycles. The third-order valence-corrected chi connectivity index (χ3v) is 9.04. The number of carbonyl (C=O) groups excluding carboxylic acids is 1. The lowest BCUT2D eigenvalue weighted by atomic mass is 9.89. The summed E-state index contributed by atoms with van der Waals surface area (Å²) in [6.45, 7) is 6.56. The van der Waals surface area contributed by atoms with Gasteiger partial charge in [0, 0.05) is 34.4 Å². The summed E-state index contributed by atoms with van der Waals surface area (Å²) in [6, 6.07) is 9.92. The van der Waals surface area contributed by atoms with Crippen molar-refractivity contribution < 1.29 is 13.2 Å². The summed E-state index contributed by atoms with van der Waals surface area (Å²) in [4.78, 5) is 15.3. The number of sulfone groups is 1. The van der Waals surface area contributed by atoms with Gasteiger partial charge in [-0.25, -0.2) is 8.42 Å². The third-order valence-electron chi connectivity index (χ3n) is 6.61. The SMILES string of the molecule is CCCN(Cc1c(Cl)cc(NC(=O)Cc2ccc(S(=O)(=O)CC)cc2)cc1Cl)CC1CCCCC1. The van der Waals surface area contributed by atoms with E-state index in [0.717, 1.165) is 36.6 Å². The second kappa shape index (κ2) is 13.1. The van der Waals surface area contributed by atoms with E-state index in [1.807, 2.05) is 0 Å². The molecule has 0 aliphatic heterocycles. The largest absolute Gasteiger partial charge is 0.326 e. The molecule has 2 aromatic rings. The summed E-state index contributed by atoms with van der Waals surface area (Å²) in [7, 11) is -3.26. The molecular formula is C27H36Cl2N2O3S. The van der Waals surface area contributed by atoms with Crippen molar-refractivity contribution in [2.75, 3.05) is 24.2 Å². The van der Waals surface area contributed by atoms with Gasteiger partial charge in [-0.2, -0.15) is 0 Å². The fourth-order valence-corrected chi connectivity index (χ4v) is 6.20. The van der Waals surface area contributed by atoms with Crippen LogP contribution in [0, 0.1) is 5.92 Å². The van der Waals surface area contributed by atoms with Crippen LogP contribution in [0.15, 0.2) is 41.3 Å². The second-order valence-corrected chi connectivity index (χ2v) is 12.5. The summed E-state index contributed by atoms with van der Waals surface area (Å²) >= 11 is 13.2. The van der Waals surface area contributed by atoms with Gasteiger partial charge in [0.25, 0.3) is 0 Å². The van der Waals surface area contributed by atoms with Crippen molar-refractivity contribution in [3.05, 3.63) is 57.6 Å². The molecular weight excluding hydrogens is 503 g/mol. The minimum Gasteiger partial charge on any atom is -0.326 e. The van der Waals surface area contributed by atoms with E-state index in [4.69, 9.17) is 23.2 Å². The molecule has 0 radical (unpaired) electrons. The first kappa shape index (κ1) is 28.0. The molecule has 1 aliphatic rings. The summed E-state index contributed by atoms with van der Waals surface area (Å²) in [5.74, 6) is 0.560. The van der Waals surface area contributed by atoms with Crippen LogP contribution in [-0.4, -0.2) is 38.1 Å². The summed E-state index contributed by atoms with van der Waals surface area (Å²) in [5.41, 5.74) is 2.17. The topological polar surface area (TPSA) is 66.5 Å². The Labute approximate surface area is 220 Å². The molecule has 2 aromatic carbocycles. The molecule has 35 heavy (non-hydrogen) atoms. The van der Waals surface area contributed by atoms with E-state index in [9.17, 15) is 13.2 Å². The van der Waals surface area contributed by atoms with Crippen molar-refractivity contribution in [3.63, 3.8) is 0 Å². The minimum atomic E-state index is -3.26. The zero-order valence-electron chi connectivity index (χ0n) is 20.7. The van der Waals surface area contributed by atoms with E-state index >= 15 is 0 Å². The first-order valence-corrected chi connectivity index (χ1v) is 14.9. The Morgan fingerprint density at radius 1 is 1.03 bits per heavy atom. The zero-order valence-corrected chi connectivity index (χ0v) is 23.0. The number of hydrogen-bond donors (Lipinski definition) is 1. The van der Waals surface area contributed by atoms with Crippen molar-refractivity contribution in [3.8, 4) is 0 Å². The number of amides is 1. The van der Waals surface area contributed by atoms with Crippen molar-refractivity contribution in [1.82, 2.24) is 4.90 Å². The Morgan fingerprint density at radius 3 is 2.23 bits per heavy atom. The van der Waals surface area contributed by atoms with Crippen LogP contribution >= 0.6 is 23.2 Å². The average molecular weight is 540 g/mol. The molecule has 0 atom stereocenters. The van der Waals surface area contributed by atoms with Gasteiger partial charge in [0.15, 0.2) is 9.84 Å². The van der Waals surface area contributed by atoms with Gasteiger partial charge in [-0.05, 0) is 61.6 Å². The second-order valence-electron chi connectivity index (χ2n) is 9.43. The van der Waals surface area contributed by atoms with E-state index in [1.165, 1.54) is 32.1 Å². The highest BCUT2D eigenvalue weighted by Gasteiger charge is 2.20. The van der Waals surface area contributed by atoms with Gasteiger partial charge in [-0.15, -0.1) is 0 Å². The summed E-state index contributed by atoms with van der Waals surface area (Å²) in [6.07, 6.45) is 7.77. The maximum atomic E-state index is 12.6. The normalized spacial score (nSPS) is 14.9. The molecule has 1 saturated carbocycles. The third kappa shape index (κ3) is 8.21. The van der Waals surface area contributed by atoms with Crippen LogP contribution in [0.25, 0.3) is 0 Å². The molecule has 0 spiro atoms. The van der Waals surface area contributed by atoms with E-state index in [-0.39, 0.29) is 23.0 Å². The first-order valence-electron chi connectivity index (χ1n) is 12.5. The molecule has 1 amide bonds. The Bertz CT molecular complexity index is 1070. The van der Waals surface area contributed by atoms with Gasteiger partial charge in [0.2, 0.25) is 5.91 Å². The monoisotopic (exact) mass is 538 g/mol. The molecule has 0 bridgehead atoms. The zero-order chi connectivity index (χ0) is 25.4. The van der Waals surface area contributed by atoms with Crippen molar-refractivity contribution in [2.24, 2.45) is 5.92 Å². The minimum absolute atomic E-state index is 0.0428. The number of benzene rings is 2. The lowest BCUT2D eigenvalue weighted by Gasteiger charge is -2.30. The van der Waals surface area contributed by atoms with Crippen molar-refractivity contribution >= 4 is 44.6 Å². The fraction of sp³-hybridized carbons (Fsp3) is 0.519. The van der Waals surface area contributed by atoms with Crippen molar-refractivity contribution in [1.29, 1.82) is 0 Å². The van der Waals surface area contributed by atoms with Gasteiger partial charge in [0.05, 0.1) is 17.1 Å². The van der Waals surface area contributed by atoms with E-state index in [2.05, 4.69) is 17.1 Å².